The Balaban J connectivity index is 1.46. The number of rotatable bonds is 3. The smallest absolute Gasteiger partial charge is 0.263 e. The van der Waals surface area contributed by atoms with Crippen molar-refractivity contribution in [1.29, 1.82) is 0 Å². The standard InChI is InChI=1S/C30H33N3O2/c1-20(23-6-4-3-5-7-23)33-27(34)30(32-28(33)31)26-18-22(11-10-21-8-9-21)12-13-24(26)19-29(30)16-14-25(35-2)15-17-29/h3-7,12-13,18,20-21,25H,8-9,14-17,19H2,1-2H3,(H2,31,32)/t20-,25?,29?,30?/m1/s1. The summed E-state index contributed by atoms with van der Waals surface area (Å²) in [7, 11) is 1.78. The van der Waals surface area contributed by atoms with Crippen molar-refractivity contribution in [3.8, 4) is 11.8 Å². The van der Waals surface area contributed by atoms with Crippen LogP contribution in [0.3, 0.4) is 0 Å². The number of carbonyl (C=O) groups is 1. The Labute approximate surface area is 207 Å². The number of nitrogens with two attached hydrogens (primary N) is 1. The van der Waals surface area contributed by atoms with Crippen LogP contribution in [0.25, 0.3) is 0 Å². The first kappa shape index (κ1) is 22.4. The lowest BCUT2D eigenvalue weighted by Crippen LogP contribution is -2.52. The van der Waals surface area contributed by atoms with Gasteiger partial charge in [-0.1, -0.05) is 48.2 Å². The zero-order valence-electron chi connectivity index (χ0n) is 20.6. The molecule has 1 aliphatic heterocycles. The first-order chi connectivity index (χ1) is 17.0. The molecule has 3 aliphatic carbocycles. The van der Waals surface area contributed by atoms with Crippen molar-refractivity contribution in [2.75, 3.05) is 7.11 Å². The van der Waals surface area contributed by atoms with Crippen LogP contribution in [-0.2, 0) is 21.5 Å². The molecular formula is C30H33N3O2. The maximum Gasteiger partial charge on any atom is 0.263 e. The molecular weight excluding hydrogens is 434 g/mol. The SMILES string of the molecule is COC1CCC2(CC1)Cc1ccc(C#CC3CC3)cc1C21N=C(N)N([C@H](C)c2ccccc2)C1=O. The van der Waals surface area contributed by atoms with Gasteiger partial charge in [0.2, 0.25) is 0 Å². The third kappa shape index (κ3) is 3.42. The lowest BCUT2D eigenvalue weighted by Gasteiger charge is -2.45. The Hall–Kier alpha value is -3.10. The molecule has 4 aliphatic rings. The molecule has 2 aromatic carbocycles. The predicted octanol–water partition coefficient (Wildman–Crippen LogP) is 4.69. The van der Waals surface area contributed by atoms with Gasteiger partial charge in [0.05, 0.1) is 12.1 Å². The molecule has 1 amide bonds. The number of methoxy groups -OCH3 is 1. The summed E-state index contributed by atoms with van der Waals surface area (Å²) in [6, 6.07) is 16.3. The van der Waals surface area contributed by atoms with Crippen molar-refractivity contribution in [3.05, 3.63) is 70.8 Å². The van der Waals surface area contributed by atoms with E-state index in [4.69, 9.17) is 15.5 Å². The summed E-state index contributed by atoms with van der Waals surface area (Å²) in [5.74, 6) is 7.59. The number of aliphatic imine (C=N–C) groups is 1. The Morgan fingerprint density at radius 1 is 1.11 bits per heavy atom. The molecule has 2 N–H and O–H groups in total. The molecule has 180 valence electrons. The van der Waals surface area contributed by atoms with Crippen molar-refractivity contribution < 1.29 is 9.53 Å². The highest BCUT2D eigenvalue weighted by molar-refractivity contribution is 6.08. The number of carbonyl (C=O) groups excluding carboxylic acids is 1. The van der Waals surface area contributed by atoms with Crippen LogP contribution in [0.4, 0.5) is 0 Å². The molecule has 2 saturated carbocycles. The zero-order valence-corrected chi connectivity index (χ0v) is 20.6. The summed E-state index contributed by atoms with van der Waals surface area (Å²) < 4.78 is 5.69. The van der Waals surface area contributed by atoms with Gasteiger partial charge in [0.25, 0.3) is 5.91 Å². The van der Waals surface area contributed by atoms with E-state index >= 15 is 0 Å². The summed E-state index contributed by atoms with van der Waals surface area (Å²) in [5.41, 5.74) is 9.55. The number of guanidine groups is 1. The third-order valence-corrected chi connectivity index (χ3v) is 8.74. The molecule has 0 saturated heterocycles. The lowest BCUT2D eigenvalue weighted by molar-refractivity contribution is -0.139. The zero-order chi connectivity index (χ0) is 24.2. The highest BCUT2D eigenvalue weighted by Gasteiger charge is 2.67. The number of nitrogens with zero attached hydrogens (tertiary/aromatic N) is 2. The molecule has 0 radical (unpaired) electrons. The molecule has 6 rings (SSSR count). The Morgan fingerprint density at radius 2 is 1.86 bits per heavy atom. The topological polar surface area (TPSA) is 67.9 Å². The highest BCUT2D eigenvalue weighted by atomic mass is 16.5. The molecule has 2 fully saturated rings. The van der Waals surface area contributed by atoms with Crippen molar-refractivity contribution in [2.45, 2.75) is 69.6 Å². The van der Waals surface area contributed by atoms with Gasteiger partial charge in [-0.3, -0.25) is 9.69 Å². The summed E-state index contributed by atoms with van der Waals surface area (Å²) in [4.78, 5) is 21.5. The van der Waals surface area contributed by atoms with Crippen molar-refractivity contribution in [2.24, 2.45) is 22.1 Å². The lowest BCUT2D eigenvalue weighted by atomic mass is 9.61. The van der Waals surface area contributed by atoms with Crippen LogP contribution in [0.1, 0.15) is 73.7 Å². The summed E-state index contributed by atoms with van der Waals surface area (Å²) >= 11 is 0. The Kier molecular flexibility index (Phi) is 5.27. The van der Waals surface area contributed by atoms with Gasteiger partial charge in [-0.25, -0.2) is 4.99 Å². The maximum absolute atomic E-state index is 14.6. The molecule has 35 heavy (non-hydrogen) atoms. The van der Waals surface area contributed by atoms with E-state index in [1.807, 2.05) is 37.3 Å². The fourth-order valence-electron chi connectivity index (χ4n) is 6.58. The number of ether oxygens (including phenoxy) is 1. The van der Waals surface area contributed by atoms with Crippen LogP contribution in [0.15, 0.2) is 53.5 Å². The van der Waals surface area contributed by atoms with Crippen LogP contribution >= 0.6 is 0 Å². The number of hydrogen-bond acceptors (Lipinski definition) is 4. The van der Waals surface area contributed by atoms with Gasteiger partial charge in [0, 0.05) is 24.0 Å². The minimum Gasteiger partial charge on any atom is -0.381 e. The van der Waals surface area contributed by atoms with Crippen molar-refractivity contribution >= 4 is 11.9 Å². The molecule has 5 heteroatoms. The van der Waals surface area contributed by atoms with Crippen molar-refractivity contribution in [3.63, 3.8) is 0 Å². The fraction of sp³-hybridized carbons (Fsp3) is 0.467. The van der Waals surface area contributed by atoms with Gasteiger partial charge in [-0.05, 0) is 80.7 Å². The minimum atomic E-state index is -0.995. The second kappa shape index (κ2) is 8.24. The number of hydrogen-bond donors (Lipinski definition) is 1. The third-order valence-electron chi connectivity index (χ3n) is 8.74. The molecule has 2 spiro atoms. The molecule has 5 nitrogen and oxygen atoms in total. The maximum atomic E-state index is 14.6. The quantitative estimate of drug-likeness (QED) is 0.666. The van der Waals surface area contributed by atoms with Crippen LogP contribution in [-0.4, -0.2) is 30.0 Å². The number of benzene rings is 2. The van der Waals surface area contributed by atoms with E-state index < -0.39 is 5.54 Å². The van der Waals surface area contributed by atoms with Gasteiger partial charge >= 0.3 is 0 Å². The second-order valence-electron chi connectivity index (χ2n) is 10.7. The first-order valence-electron chi connectivity index (χ1n) is 12.9. The summed E-state index contributed by atoms with van der Waals surface area (Å²) in [5, 5.41) is 0. The molecule has 0 bridgehead atoms. The predicted molar refractivity (Wildman–Crippen MR) is 136 cm³/mol. The van der Waals surface area contributed by atoms with Crippen LogP contribution < -0.4 is 5.73 Å². The van der Waals surface area contributed by atoms with Crippen LogP contribution in [0, 0.1) is 23.2 Å². The van der Waals surface area contributed by atoms with E-state index in [0.717, 1.165) is 48.8 Å². The van der Waals surface area contributed by atoms with Crippen LogP contribution in [0.5, 0.6) is 0 Å². The summed E-state index contributed by atoms with van der Waals surface area (Å²) in [6.45, 7) is 2.04. The van der Waals surface area contributed by atoms with E-state index in [2.05, 4.69) is 30.0 Å². The fourth-order valence-corrected chi connectivity index (χ4v) is 6.58. The molecule has 2 aromatic rings. The molecule has 1 unspecified atom stereocenters. The average molecular weight is 468 g/mol. The normalized spacial score (nSPS) is 30.2. The second-order valence-corrected chi connectivity index (χ2v) is 10.7. The number of fused-ring (bicyclic) bond motifs is 3. The van der Waals surface area contributed by atoms with Crippen molar-refractivity contribution in [1.82, 2.24) is 4.90 Å². The monoisotopic (exact) mass is 467 g/mol. The van der Waals surface area contributed by atoms with Gasteiger partial charge < -0.3 is 10.5 Å². The molecule has 0 aromatic heterocycles. The minimum absolute atomic E-state index is 0.00766. The Morgan fingerprint density at radius 3 is 2.54 bits per heavy atom. The van der Waals surface area contributed by atoms with E-state index in [1.165, 1.54) is 18.4 Å². The van der Waals surface area contributed by atoms with E-state index in [1.54, 1.807) is 12.0 Å². The van der Waals surface area contributed by atoms with E-state index in [0.29, 0.717) is 11.9 Å². The van der Waals surface area contributed by atoms with E-state index in [9.17, 15) is 4.79 Å². The van der Waals surface area contributed by atoms with Gasteiger partial charge in [-0.2, -0.15) is 0 Å². The average Bonchev–Trinajstić information content (AvgIpc) is 3.63. The van der Waals surface area contributed by atoms with Gasteiger partial charge in [-0.15, -0.1) is 0 Å². The molecule has 1 heterocycles. The molecule has 2 atom stereocenters. The van der Waals surface area contributed by atoms with Crippen LogP contribution in [0.2, 0.25) is 0 Å². The first-order valence-corrected chi connectivity index (χ1v) is 12.9. The largest absolute Gasteiger partial charge is 0.381 e. The van der Waals surface area contributed by atoms with Gasteiger partial charge in [0.15, 0.2) is 11.5 Å². The van der Waals surface area contributed by atoms with E-state index in [-0.39, 0.29) is 23.5 Å². The Bertz CT molecular complexity index is 1250. The van der Waals surface area contributed by atoms with Gasteiger partial charge in [0.1, 0.15) is 0 Å². The highest BCUT2D eigenvalue weighted by Crippen LogP contribution is 2.62. The summed E-state index contributed by atoms with van der Waals surface area (Å²) in [6.07, 6.45) is 7.09. The number of amides is 1.